The smallest absolute Gasteiger partial charge is 0.261 e. The lowest BCUT2D eigenvalue weighted by Gasteiger charge is -2.10. The van der Waals surface area contributed by atoms with Gasteiger partial charge in [0.1, 0.15) is 5.56 Å². The molecule has 32 heavy (non-hydrogen) atoms. The van der Waals surface area contributed by atoms with Gasteiger partial charge in [0, 0.05) is 16.8 Å². The van der Waals surface area contributed by atoms with Crippen LogP contribution in [-0.4, -0.2) is 20.5 Å². The zero-order valence-corrected chi connectivity index (χ0v) is 17.9. The second-order valence-corrected chi connectivity index (χ2v) is 7.81. The summed E-state index contributed by atoms with van der Waals surface area (Å²) in [5.41, 5.74) is 7.65. The number of amides is 1. The third-order valence-electron chi connectivity index (χ3n) is 5.62. The van der Waals surface area contributed by atoms with E-state index in [2.05, 4.69) is 10.4 Å². The van der Waals surface area contributed by atoms with Crippen molar-refractivity contribution in [2.24, 2.45) is 0 Å². The molecule has 156 valence electrons. The number of aryl methyl sites for hydroxylation is 2. The van der Waals surface area contributed by atoms with Crippen LogP contribution in [0.15, 0.2) is 91.1 Å². The molecule has 0 unspecified atom stereocenters. The van der Waals surface area contributed by atoms with Crippen molar-refractivity contribution < 1.29 is 4.79 Å². The number of anilines is 1. The van der Waals surface area contributed by atoms with Crippen molar-refractivity contribution in [3.05, 3.63) is 108 Å². The van der Waals surface area contributed by atoms with Crippen LogP contribution in [0.4, 0.5) is 5.69 Å². The molecule has 0 aliphatic heterocycles. The van der Waals surface area contributed by atoms with E-state index in [9.17, 15) is 4.79 Å². The van der Waals surface area contributed by atoms with E-state index >= 15 is 0 Å². The molecule has 5 nitrogen and oxygen atoms in total. The SMILES string of the molecule is Cc1ccc(NC(=O)c2cnn3c(-c4ccccc4)cc(-c4ccccc4)nc23)cc1C. The molecule has 5 heteroatoms. The summed E-state index contributed by atoms with van der Waals surface area (Å²) in [6.07, 6.45) is 1.58. The third-order valence-corrected chi connectivity index (χ3v) is 5.62. The highest BCUT2D eigenvalue weighted by molar-refractivity contribution is 6.08. The van der Waals surface area contributed by atoms with E-state index in [0.29, 0.717) is 11.2 Å². The Bertz CT molecular complexity index is 1420. The summed E-state index contributed by atoms with van der Waals surface area (Å²) >= 11 is 0. The first-order valence-electron chi connectivity index (χ1n) is 10.5. The van der Waals surface area contributed by atoms with Crippen molar-refractivity contribution in [2.75, 3.05) is 5.32 Å². The fraction of sp³-hybridized carbons (Fsp3) is 0.0741. The standard InChI is InChI=1S/C27H22N4O/c1-18-13-14-22(15-19(18)2)29-27(32)23-17-28-31-25(21-11-7-4-8-12-21)16-24(30-26(23)31)20-9-5-3-6-10-20/h3-17H,1-2H3,(H,29,32). The number of nitrogens with zero attached hydrogens (tertiary/aromatic N) is 3. The van der Waals surface area contributed by atoms with Gasteiger partial charge in [-0.2, -0.15) is 5.10 Å². The number of fused-ring (bicyclic) bond motifs is 1. The maximum absolute atomic E-state index is 13.2. The monoisotopic (exact) mass is 418 g/mol. The normalized spacial score (nSPS) is 10.9. The molecule has 0 bridgehead atoms. The summed E-state index contributed by atoms with van der Waals surface area (Å²) < 4.78 is 1.73. The van der Waals surface area contributed by atoms with Gasteiger partial charge < -0.3 is 5.32 Å². The van der Waals surface area contributed by atoms with Gasteiger partial charge in [0.05, 0.1) is 17.6 Å². The number of carbonyl (C=O) groups is 1. The van der Waals surface area contributed by atoms with Crippen LogP contribution < -0.4 is 5.32 Å². The predicted octanol–water partition coefficient (Wildman–Crippen LogP) is 5.93. The fourth-order valence-electron chi connectivity index (χ4n) is 3.71. The van der Waals surface area contributed by atoms with Crippen LogP contribution >= 0.6 is 0 Å². The summed E-state index contributed by atoms with van der Waals surface area (Å²) in [6, 6.07) is 27.9. The molecule has 0 radical (unpaired) electrons. The molecule has 0 atom stereocenters. The molecule has 0 saturated carbocycles. The van der Waals surface area contributed by atoms with E-state index < -0.39 is 0 Å². The van der Waals surface area contributed by atoms with Crippen LogP contribution in [0.3, 0.4) is 0 Å². The molecule has 0 aliphatic carbocycles. The molecular formula is C27H22N4O. The van der Waals surface area contributed by atoms with Crippen LogP contribution in [-0.2, 0) is 0 Å². The van der Waals surface area contributed by atoms with E-state index in [1.165, 1.54) is 5.56 Å². The van der Waals surface area contributed by atoms with Gasteiger partial charge in [-0.15, -0.1) is 0 Å². The first-order valence-corrected chi connectivity index (χ1v) is 10.5. The Morgan fingerprint density at radius 2 is 1.50 bits per heavy atom. The number of benzene rings is 3. The van der Waals surface area contributed by atoms with E-state index in [1.807, 2.05) is 98.8 Å². The Morgan fingerprint density at radius 1 is 0.812 bits per heavy atom. The first kappa shape index (κ1) is 19.7. The van der Waals surface area contributed by atoms with Gasteiger partial charge in [-0.25, -0.2) is 9.50 Å². The van der Waals surface area contributed by atoms with Crippen LogP contribution in [0.1, 0.15) is 21.5 Å². The Morgan fingerprint density at radius 3 is 2.19 bits per heavy atom. The van der Waals surface area contributed by atoms with E-state index in [0.717, 1.165) is 33.8 Å². The molecule has 3 aromatic carbocycles. The molecule has 1 N–H and O–H groups in total. The second kappa shape index (κ2) is 8.12. The minimum absolute atomic E-state index is 0.236. The Labute approximate surface area is 186 Å². The molecule has 0 fully saturated rings. The zero-order chi connectivity index (χ0) is 22.1. The molecule has 0 spiro atoms. The lowest BCUT2D eigenvalue weighted by atomic mass is 10.1. The Balaban J connectivity index is 1.64. The Kier molecular flexibility index (Phi) is 5.00. The largest absolute Gasteiger partial charge is 0.322 e. The van der Waals surface area contributed by atoms with Gasteiger partial charge in [-0.05, 0) is 43.2 Å². The highest BCUT2D eigenvalue weighted by Gasteiger charge is 2.19. The minimum Gasteiger partial charge on any atom is -0.322 e. The van der Waals surface area contributed by atoms with Crippen molar-refractivity contribution in [3.8, 4) is 22.5 Å². The maximum atomic E-state index is 13.2. The lowest BCUT2D eigenvalue weighted by molar-refractivity contribution is 0.102. The van der Waals surface area contributed by atoms with Crippen molar-refractivity contribution in [3.63, 3.8) is 0 Å². The maximum Gasteiger partial charge on any atom is 0.261 e. The average molecular weight is 419 g/mol. The molecule has 5 aromatic rings. The molecule has 2 aromatic heterocycles. The van der Waals surface area contributed by atoms with Crippen molar-refractivity contribution in [2.45, 2.75) is 13.8 Å². The average Bonchev–Trinajstić information content (AvgIpc) is 3.26. The zero-order valence-electron chi connectivity index (χ0n) is 17.9. The number of rotatable bonds is 4. The van der Waals surface area contributed by atoms with Crippen molar-refractivity contribution in [1.29, 1.82) is 0 Å². The van der Waals surface area contributed by atoms with Crippen LogP contribution in [0.5, 0.6) is 0 Å². The van der Waals surface area contributed by atoms with Crippen LogP contribution in [0, 0.1) is 13.8 Å². The van der Waals surface area contributed by atoms with Gasteiger partial charge in [-0.1, -0.05) is 66.7 Å². The number of hydrogen-bond acceptors (Lipinski definition) is 3. The highest BCUT2D eigenvalue weighted by atomic mass is 16.1. The first-order chi connectivity index (χ1) is 15.6. The van der Waals surface area contributed by atoms with Gasteiger partial charge in [0.2, 0.25) is 0 Å². The summed E-state index contributed by atoms with van der Waals surface area (Å²) in [4.78, 5) is 18.0. The summed E-state index contributed by atoms with van der Waals surface area (Å²) in [5.74, 6) is -0.236. The fourth-order valence-corrected chi connectivity index (χ4v) is 3.71. The topological polar surface area (TPSA) is 59.3 Å². The number of aromatic nitrogens is 3. The Hall–Kier alpha value is -4.25. The minimum atomic E-state index is -0.236. The van der Waals surface area contributed by atoms with Crippen LogP contribution in [0.25, 0.3) is 28.2 Å². The molecular weight excluding hydrogens is 396 g/mol. The molecule has 0 aliphatic rings. The van der Waals surface area contributed by atoms with Gasteiger partial charge >= 0.3 is 0 Å². The molecule has 2 heterocycles. The third kappa shape index (κ3) is 3.65. The van der Waals surface area contributed by atoms with E-state index in [4.69, 9.17) is 4.98 Å². The summed E-state index contributed by atoms with van der Waals surface area (Å²) in [6.45, 7) is 4.08. The second-order valence-electron chi connectivity index (χ2n) is 7.81. The quantitative estimate of drug-likeness (QED) is 0.393. The van der Waals surface area contributed by atoms with Crippen molar-refractivity contribution >= 4 is 17.2 Å². The van der Waals surface area contributed by atoms with E-state index in [-0.39, 0.29) is 5.91 Å². The van der Waals surface area contributed by atoms with Gasteiger partial charge in [0.25, 0.3) is 5.91 Å². The van der Waals surface area contributed by atoms with Crippen LogP contribution in [0.2, 0.25) is 0 Å². The predicted molar refractivity (Wildman–Crippen MR) is 128 cm³/mol. The summed E-state index contributed by atoms with van der Waals surface area (Å²) in [7, 11) is 0. The molecule has 5 rings (SSSR count). The lowest BCUT2D eigenvalue weighted by Crippen LogP contribution is -2.12. The van der Waals surface area contributed by atoms with Gasteiger partial charge in [-0.3, -0.25) is 4.79 Å². The van der Waals surface area contributed by atoms with Gasteiger partial charge in [0.15, 0.2) is 5.65 Å². The number of nitrogens with one attached hydrogen (secondary N) is 1. The molecule has 0 saturated heterocycles. The molecule has 1 amide bonds. The number of hydrogen-bond donors (Lipinski definition) is 1. The van der Waals surface area contributed by atoms with Crippen molar-refractivity contribution in [1.82, 2.24) is 14.6 Å². The van der Waals surface area contributed by atoms with E-state index in [1.54, 1.807) is 10.7 Å². The highest BCUT2D eigenvalue weighted by Crippen LogP contribution is 2.27. The number of carbonyl (C=O) groups excluding carboxylic acids is 1. The summed E-state index contributed by atoms with van der Waals surface area (Å²) in [5, 5.41) is 7.51.